The molecule has 1 aromatic heterocycles. The summed E-state index contributed by atoms with van der Waals surface area (Å²) in [6.45, 7) is 2.20. The van der Waals surface area contributed by atoms with E-state index in [9.17, 15) is 5.11 Å². The number of aliphatic hydroxyl groups is 1. The van der Waals surface area contributed by atoms with Gasteiger partial charge in [-0.15, -0.1) is 0 Å². The zero-order valence-electron chi connectivity index (χ0n) is 10.2. The van der Waals surface area contributed by atoms with Crippen molar-refractivity contribution in [1.82, 2.24) is 14.8 Å². The van der Waals surface area contributed by atoms with Gasteiger partial charge >= 0.3 is 0 Å². The van der Waals surface area contributed by atoms with Crippen molar-refractivity contribution in [2.45, 2.75) is 20.1 Å². The molecule has 6 heteroatoms. The summed E-state index contributed by atoms with van der Waals surface area (Å²) in [7, 11) is 1.81. The first-order chi connectivity index (χ1) is 8.61. The van der Waals surface area contributed by atoms with Crippen LogP contribution in [0.5, 0.6) is 5.75 Å². The van der Waals surface area contributed by atoms with Gasteiger partial charge in [0.25, 0.3) is 0 Å². The lowest BCUT2D eigenvalue weighted by atomic mass is 10.1. The van der Waals surface area contributed by atoms with E-state index in [1.54, 1.807) is 4.68 Å². The highest BCUT2D eigenvalue weighted by molar-refractivity contribution is 9.10. The predicted octanol–water partition coefficient (Wildman–Crippen LogP) is 1.96. The van der Waals surface area contributed by atoms with Gasteiger partial charge in [0.2, 0.25) is 0 Å². The Kier molecular flexibility index (Phi) is 3.98. The number of benzene rings is 1. The highest BCUT2D eigenvalue weighted by atomic mass is 79.9. The van der Waals surface area contributed by atoms with Gasteiger partial charge < -0.3 is 9.84 Å². The van der Waals surface area contributed by atoms with Crippen molar-refractivity contribution < 1.29 is 9.84 Å². The van der Waals surface area contributed by atoms with Crippen LogP contribution in [-0.4, -0.2) is 19.9 Å². The first kappa shape index (κ1) is 13.0. The quantitative estimate of drug-likeness (QED) is 0.937. The third-order valence-electron chi connectivity index (χ3n) is 2.64. The molecule has 96 valence electrons. The summed E-state index contributed by atoms with van der Waals surface area (Å²) in [5, 5.41) is 13.3. The molecule has 1 aromatic carbocycles. The van der Waals surface area contributed by atoms with Gasteiger partial charge in [0.05, 0.1) is 6.61 Å². The molecule has 0 bridgehead atoms. The summed E-state index contributed by atoms with van der Waals surface area (Å²) in [6, 6.07) is 3.80. The van der Waals surface area contributed by atoms with Crippen molar-refractivity contribution in [3.63, 3.8) is 0 Å². The van der Waals surface area contributed by atoms with E-state index in [0.717, 1.165) is 21.4 Å². The average Bonchev–Trinajstić information content (AvgIpc) is 2.73. The fourth-order valence-corrected chi connectivity index (χ4v) is 2.33. The zero-order chi connectivity index (χ0) is 13.1. The number of aromatic nitrogens is 3. The molecule has 0 fully saturated rings. The van der Waals surface area contributed by atoms with Gasteiger partial charge in [-0.05, 0) is 24.6 Å². The summed E-state index contributed by atoms with van der Waals surface area (Å²) in [5.74, 6) is 1.44. The normalized spacial score (nSPS) is 10.7. The molecule has 0 saturated carbocycles. The summed E-state index contributed by atoms with van der Waals surface area (Å²) in [5.41, 5.74) is 1.72. The van der Waals surface area contributed by atoms with Crippen LogP contribution in [0.2, 0.25) is 0 Å². The van der Waals surface area contributed by atoms with Gasteiger partial charge in [-0.2, -0.15) is 5.10 Å². The molecule has 0 unspecified atom stereocenters. The molecule has 2 aromatic rings. The van der Waals surface area contributed by atoms with Gasteiger partial charge in [0, 0.05) is 17.1 Å². The van der Waals surface area contributed by atoms with Crippen molar-refractivity contribution in [2.24, 2.45) is 7.05 Å². The molecule has 0 aliphatic carbocycles. The summed E-state index contributed by atoms with van der Waals surface area (Å²) < 4.78 is 8.32. The van der Waals surface area contributed by atoms with Crippen LogP contribution in [0.15, 0.2) is 22.9 Å². The zero-order valence-corrected chi connectivity index (χ0v) is 11.8. The lowest BCUT2D eigenvalue weighted by Crippen LogP contribution is -2.06. The molecule has 5 nitrogen and oxygen atoms in total. The molecule has 0 saturated heterocycles. The molecule has 0 spiro atoms. The second-order valence-corrected chi connectivity index (χ2v) is 4.87. The average molecular weight is 312 g/mol. The van der Waals surface area contributed by atoms with Crippen LogP contribution in [0.4, 0.5) is 0 Å². The first-order valence-corrected chi connectivity index (χ1v) is 6.26. The Balaban J connectivity index is 2.21. The fraction of sp³-hybridized carbons (Fsp3) is 0.333. The Hall–Kier alpha value is -1.40. The SMILES string of the molecule is Cc1cc(Br)cc(CO)c1OCc1ncnn1C. The number of aryl methyl sites for hydroxylation is 2. The first-order valence-electron chi connectivity index (χ1n) is 5.47. The van der Waals surface area contributed by atoms with Crippen molar-refractivity contribution in [3.05, 3.63) is 39.9 Å². The van der Waals surface area contributed by atoms with Crippen LogP contribution in [0, 0.1) is 6.92 Å². The Morgan fingerprint density at radius 3 is 2.83 bits per heavy atom. The predicted molar refractivity (Wildman–Crippen MR) is 70.1 cm³/mol. The molecule has 0 aliphatic heterocycles. The summed E-state index contributed by atoms with van der Waals surface area (Å²) in [4.78, 5) is 4.09. The number of rotatable bonds is 4. The van der Waals surface area contributed by atoms with E-state index in [4.69, 9.17) is 4.74 Å². The summed E-state index contributed by atoms with van der Waals surface area (Å²) in [6.07, 6.45) is 1.49. The lowest BCUT2D eigenvalue weighted by molar-refractivity contribution is 0.252. The van der Waals surface area contributed by atoms with Gasteiger partial charge in [-0.25, -0.2) is 4.98 Å². The Morgan fingerprint density at radius 1 is 1.44 bits per heavy atom. The van der Waals surface area contributed by atoms with Crippen LogP contribution >= 0.6 is 15.9 Å². The minimum Gasteiger partial charge on any atom is -0.485 e. The van der Waals surface area contributed by atoms with Crippen LogP contribution < -0.4 is 4.74 Å². The topological polar surface area (TPSA) is 60.2 Å². The number of ether oxygens (including phenoxy) is 1. The number of aliphatic hydroxyl groups excluding tert-OH is 1. The van der Waals surface area contributed by atoms with E-state index >= 15 is 0 Å². The Morgan fingerprint density at radius 2 is 2.22 bits per heavy atom. The van der Waals surface area contributed by atoms with Crippen molar-refractivity contribution >= 4 is 15.9 Å². The second-order valence-electron chi connectivity index (χ2n) is 3.96. The largest absolute Gasteiger partial charge is 0.485 e. The van der Waals surface area contributed by atoms with Gasteiger partial charge in [0.15, 0.2) is 5.82 Å². The van der Waals surface area contributed by atoms with Crippen LogP contribution in [-0.2, 0) is 20.3 Å². The molecule has 0 amide bonds. The van der Waals surface area contributed by atoms with E-state index in [0.29, 0.717) is 12.4 Å². The molecule has 2 rings (SSSR count). The standard InChI is InChI=1S/C12H14BrN3O2/c1-8-3-10(13)4-9(5-17)12(8)18-6-11-14-7-15-16(11)2/h3-4,7,17H,5-6H2,1-2H3. The second kappa shape index (κ2) is 5.49. The van der Waals surface area contributed by atoms with E-state index in [2.05, 4.69) is 26.0 Å². The third-order valence-corrected chi connectivity index (χ3v) is 3.10. The minimum absolute atomic E-state index is 0.0611. The third kappa shape index (κ3) is 2.70. The lowest BCUT2D eigenvalue weighted by Gasteiger charge is -2.13. The maximum Gasteiger partial charge on any atom is 0.164 e. The highest BCUT2D eigenvalue weighted by Gasteiger charge is 2.10. The number of halogens is 1. The Bertz CT molecular complexity index is 554. The highest BCUT2D eigenvalue weighted by Crippen LogP contribution is 2.28. The molecular formula is C12H14BrN3O2. The van der Waals surface area contributed by atoms with Gasteiger partial charge in [-0.3, -0.25) is 4.68 Å². The van der Waals surface area contributed by atoms with Crippen LogP contribution in [0.3, 0.4) is 0 Å². The van der Waals surface area contributed by atoms with E-state index in [-0.39, 0.29) is 6.61 Å². The maximum absolute atomic E-state index is 9.35. The van der Waals surface area contributed by atoms with Crippen molar-refractivity contribution in [2.75, 3.05) is 0 Å². The van der Waals surface area contributed by atoms with E-state index in [1.165, 1.54) is 6.33 Å². The molecule has 0 radical (unpaired) electrons. The van der Waals surface area contributed by atoms with E-state index in [1.807, 2.05) is 26.1 Å². The molecular weight excluding hydrogens is 298 g/mol. The van der Waals surface area contributed by atoms with Gasteiger partial charge in [-0.1, -0.05) is 15.9 Å². The van der Waals surface area contributed by atoms with Crippen LogP contribution in [0.25, 0.3) is 0 Å². The number of hydrogen-bond donors (Lipinski definition) is 1. The fourth-order valence-electron chi connectivity index (χ4n) is 1.71. The molecule has 0 aliphatic rings. The smallest absolute Gasteiger partial charge is 0.164 e. The maximum atomic E-state index is 9.35. The number of hydrogen-bond acceptors (Lipinski definition) is 4. The van der Waals surface area contributed by atoms with Crippen molar-refractivity contribution in [1.29, 1.82) is 0 Å². The van der Waals surface area contributed by atoms with Crippen molar-refractivity contribution in [3.8, 4) is 5.75 Å². The molecule has 1 N–H and O–H groups in total. The monoisotopic (exact) mass is 311 g/mol. The molecule has 18 heavy (non-hydrogen) atoms. The summed E-state index contributed by atoms with van der Waals surface area (Å²) >= 11 is 3.40. The number of nitrogens with zero attached hydrogens (tertiary/aromatic N) is 3. The van der Waals surface area contributed by atoms with Gasteiger partial charge in [0.1, 0.15) is 18.7 Å². The molecule has 1 heterocycles. The molecule has 0 atom stereocenters. The Labute approximate surface area is 114 Å². The minimum atomic E-state index is -0.0611. The van der Waals surface area contributed by atoms with E-state index < -0.39 is 0 Å². The van der Waals surface area contributed by atoms with Crippen LogP contribution in [0.1, 0.15) is 17.0 Å².